The third-order valence-electron chi connectivity index (χ3n) is 2.70. The third kappa shape index (κ3) is 3.54. The molecule has 1 atom stereocenters. The highest BCUT2D eigenvalue weighted by Crippen LogP contribution is 2.16. The summed E-state index contributed by atoms with van der Waals surface area (Å²) in [6.45, 7) is 6.20. The summed E-state index contributed by atoms with van der Waals surface area (Å²) in [6.07, 6.45) is 1.10. The number of hydrogen-bond acceptors (Lipinski definition) is 1. The van der Waals surface area contributed by atoms with Gasteiger partial charge in [0.1, 0.15) is 6.67 Å². The molecule has 84 valence electrons. The van der Waals surface area contributed by atoms with E-state index in [1.54, 1.807) is 0 Å². The summed E-state index contributed by atoms with van der Waals surface area (Å²) >= 11 is 0. The van der Waals surface area contributed by atoms with Gasteiger partial charge < -0.3 is 5.32 Å². The monoisotopic (exact) mass is 209 g/mol. The van der Waals surface area contributed by atoms with Crippen molar-refractivity contribution < 1.29 is 4.39 Å². The number of rotatable bonds is 5. The van der Waals surface area contributed by atoms with Crippen LogP contribution < -0.4 is 5.32 Å². The molecule has 0 aliphatic carbocycles. The smallest absolute Gasteiger partial charge is 0.115 e. The van der Waals surface area contributed by atoms with E-state index in [1.807, 2.05) is 24.3 Å². The maximum absolute atomic E-state index is 12.3. The zero-order valence-corrected chi connectivity index (χ0v) is 9.76. The molecule has 1 rings (SSSR count). The zero-order valence-electron chi connectivity index (χ0n) is 9.76. The van der Waals surface area contributed by atoms with Crippen molar-refractivity contribution >= 4 is 5.69 Å². The van der Waals surface area contributed by atoms with Gasteiger partial charge in [-0.2, -0.15) is 0 Å². The van der Waals surface area contributed by atoms with Crippen LogP contribution in [-0.4, -0.2) is 6.04 Å². The molecule has 0 amide bonds. The van der Waals surface area contributed by atoms with Crippen LogP contribution in [0, 0.1) is 5.92 Å². The highest BCUT2D eigenvalue weighted by atomic mass is 19.1. The van der Waals surface area contributed by atoms with Gasteiger partial charge >= 0.3 is 0 Å². The van der Waals surface area contributed by atoms with Gasteiger partial charge in [0.2, 0.25) is 0 Å². The van der Waals surface area contributed by atoms with Crippen LogP contribution >= 0.6 is 0 Å². The number of hydrogen-bond donors (Lipinski definition) is 1. The summed E-state index contributed by atoms with van der Waals surface area (Å²) in [7, 11) is 0. The van der Waals surface area contributed by atoms with Gasteiger partial charge in [0.15, 0.2) is 0 Å². The molecule has 15 heavy (non-hydrogen) atoms. The summed E-state index contributed by atoms with van der Waals surface area (Å²) in [5.74, 6) is 0.607. The molecule has 0 fully saturated rings. The normalized spacial score (nSPS) is 12.9. The average molecular weight is 209 g/mol. The topological polar surface area (TPSA) is 12.0 Å². The summed E-state index contributed by atoms with van der Waals surface area (Å²) in [5, 5.41) is 3.46. The van der Waals surface area contributed by atoms with E-state index >= 15 is 0 Å². The first kappa shape index (κ1) is 12.0. The summed E-state index contributed by atoms with van der Waals surface area (Å²) in [6, 6.07) is 8.03. The minimum Gasteiger partial charge on any atom is -0.382 e. The molecule has 0 heterocycles. The molecule has 0 aromatic heterocycles. The molecule has 0 aliphatic heterocycles. The Hall–Kier alpha value is -1.05. The Morgan fingerprint density at radius 3 is 2.20 bits per heavy atom. The van der Waals surface area contributed by atoms with Crippen molar-refractivity contribution in [1.29, 1.82) is 0 Å². The van der Waals surface area contributed by atoms with E-state index in [1.165, 1.54) is 0 Å². The van der Waals surface area contributed by atoms with Gasteiger partial charge in [-0.25, -0.2) is 4.39 Å². The van der Waals surface area contributed by atoms with Crippen LogP contribution in [0.5, 0.6) is 0 Å². The molecule has 1 aromatic rings. The molecular weight excluding hydrogens is 189 g/mol. The lowest BCUT2D eigenvalue weighted by Gasteiger charge is -2.22. The Morgan fingerprint density at radius 1 is 1.20 bits per heavy atom. The van der Waals surface area contributed by atoms with Crippen LogP contribution in [0.15, 0.2) is 24.3 Å². The number of alkyl halides is 1. The summed E-state index contributed by atoms with van der Waals surface area (Å²) in [5.41, 5.74) is 1.81. The lowest BCUT2D eigenvalue weighted by Crippen LogP contribution is -2.24. The van der Waals surface area contributed by atoms with Crippen molar-refractivity contribution in [2.24, 2.45) is 5.92 Å². The molecule has 0 saturated heterocycles. The lowest BCUT2D eigenvalue weighted by atomic mass is 10.0. The van der Waals surface area contributed by atoms with E-state index in [-0.39, 0.29) is 6.67 Å². The second-order valence-corrected chi connectivity index (χ2v) is 4.23. The van der Waals surface area contributed by atoms with Crippen molar-refractivity contribution in [3.8, 4) is 0 Å². The first-order valence-electron chi connectivity index (χ1n) is 5.58. The van der Waals surface area contributed by atoms with E-state index in [4.69, 9.17) is 0 Å². The molecule has 0 radical (unpaired) electrons. The zero-order chi connectivity index (χ0) is 11.3. The standard InChI is InChI=1S/C13H20FN/c1-4-13(10(2)3)15-12-7-5-11(9-14)6-8-12/h5-8,10,13,15H,4,9H2,1-3H3. The Labute approximate surface area is 91.7 Å². The molecule has 0 aliphatic rings. The van der Waals surface area contributed by atoms with E-state index in [2.05, 4.69) is 26.1 Å². The van der Waals surface area contributed by atoms with Gasteiger partial charge in [0.05, 0.1) is 0 Å². The third-order valence-corrected chi connectivity index (χ3v) is 2.70. The van der Waals surface area contributed by atoms with Gasteiger partial charge in [0, 0.05) is 11.7 Å². The fourth-order valence-electron chi connectivity index (χ4n) is 1.64. The maximum Gasteiger partial charge on any atom is 0.115 e. The molecule has 1 N–H and O–H groups in total. The Balaban J connectivity index is 2.63. The van der Waals surface area contributed by atoms with Gasteiger partial charge in [-0.15, -0.1) is 0 Å². The van der Waals surface area contributed by atoms with Crippen LogP contribution in [-0.2, 0) is 6.67 Å². The second kappa shape index (κ2) is 5.74. The quantitative estimate of drug-likeness (QED) is 0.772. The Bertz CT molecular complexity index is 279. The maximum atomic E-state index is 12.3. The van der Waals surface area contributed by atoms with E-state index in [0.29, 0.717) is 12.0 Å². The molecule has 0 bridgehead atoms. The largest absolute Gasteiger partial charge is 0.382 e. The predicted molar refractivity (Wildman–Crippen MR) is 63.8 cm³/mol. The van der Waals surface area contributed by atoms with Gasteiger partial charge in [-0.05, 0) is 30.0 Å². The van der Waals surface area contributed by atoms with Gasteiger partial charge in [0.25, 0.3) is 0 Å². The van der Waals surface area contributed by atoms with Crippen LogP contribution in [0.4, 0.5) is 10.1 Å². The van der Waals surface area contributed by atoms with Crippen molar-refractivity contribution in [3.05, 3.63) is 29.8 Å². The number of anilines is 1. The van der Waals surface area contributed by atoms with Crippen molar-refractivity contribution in [1.82, 2.24) is 0 Å². The van der Waals surface area contributed by atoms with Crippen LogP contribution in [0.25, 0.3) is 0 Å². The molecule has 0 spiro atoms. The van der Waals surface area contributed by atoms with E-state index in [0.717, 1.165) is 17.7 Å². The van der Waals surface area contributed by atoms with Gasteiger partial charge in [-0.3, -0.25) is 0 Å². The van der Waals surface area contributed by atoms with E-state index < -0.39 is 0 Å². The summed E-state index contributed by atoms with van der Waals surface area (Å²) < 4.78 is 12.3. The lowest BCUT2D eigenvalue weighted by molar-refractivity contribution is 0.485. The Morgan fingerprint density at radius 2 is 1.80 bits per heavy atom. The second-order valence-electron chi connectivity index (χ2n) is 4.23. The highest BCUT2D eigenvalue weighted by molar-refractivity contribution is 5.45. The predicted octanol–water partition coefficient (Wildman–Crippen LogP) is 4.00. The summed E-state index contributed by atoms with van der Waals surface area (Å²) in [4.78, 5) is 0. The first-order valence-corrected chi connectivity index (χ1v) is 5.58. The highest BCUT2D eigenvalue weighted by Gasteiger charge is 2.09. The first-order chi connectivity index (χ1) is 7.17. The number of nitrogens with one attached hydrogen (secondary N) is 1. The van der Waals surface area contributed by atoms with Crippen LogP contribution in [0.1, 0.15) is 32.8 Å². The molecule has 1 unspecified atom stereocenters. The Kier molecular flexibility index (Phi) is 4.60. The molecule has 2 heteroatoms. The van der Waals surface area contributed by atoms with Crippen LogP contribution in [0.3, 0.4) is 0 Å². The fourth-order valence-corrected chi connectivity index (χ4v) is 1.64. The average Bonchev–Trinajstić information content (AvgIpc) is 2.26. The minimum atomic E-state index is -0.387. The van der Waals surface area contributed by atoms with Crippen LogP contribution in [0.2, 0.25) is 0 Å². The molecule has 1 nitrogen and oxygen atoms in total. The van der Waals surface area contributed by atoms with E-state index in [9.17, 15) is 4.39 Å². The molecule has 0 saturated carbocycles. The minimum absolute atomic E-state index is 0.387. The fraction of sp³-hybridized carbons (Fsp3) is 0.538. The number of halogens is 1. The molecule has 1 aromatic carbocycles. The SMILES string of the molecule is CCC(Nc1ccc(CF)cc1)C(C)C. The van der Waals surface area contributed by atoms with Gasteiger partial charge in [-0.1, -0.05) is 32.9 Å². The van der Waals surface area contributed by atoms with Crippen molar-refractivity contribution in [3.63, 3.8) is 0 Å². The van der Waals surface area contributed by atoms with Crippen molar-refractivity contribution in [2.45, 2.75) is 39.9 Å². The van der Waals surface area contributed by atoms with Crippen molar-refractivity contribution in [2.75, 3.05) is 5.32 Å². The molecular formula is C13H20FN. The number of benzene rings is 1.